The summed E-state index contributed by atoms with van der Waals surface area (Å²) >= 11 is 1.17. The molecule has 3 rings (SSSR count). The minimum absolute atomic E-state index is 0.0152. The highest BCUT2D eigenvalue weighted by atomic mass is 32.1. The lowest BCUT2D eigenvalue weighted by Gasteiger charge is -2.36. The fourth-order valence-corrected chi connectivity index (χ4v) is 4.13. The molecule has 7 nitrogen and oxygen atoms in total. The van der Waals surface area contributed by atoms with Crippen LogP contribution >= 0.6 is 11.3 Å². The van der Waals surface area contributed by atoms with Gasteiger partial charge in [-0.25, -0.2) is 0 Å². The quantitative estimate of drug-likeness (QED) is 0.448. The Labute approximate surface area is 162 Å². The molecule has 0 bridgehead atoms. The number of carbonyl (C=O) groups excluding carboxylic acids is 1. The third-order valence-electron chi connectivity index (χ3n) is 4.74. The molecule has 1 N–H and O–H groups in total. The van der Waals surface area contributed by atoms with Gasteiger partial charge < -0.3 is 10.2 Å². The third-order valence-corrected chi connectivity index (χ3v) is 5.78. The van der Waals surface area contributed by atoms with Crippen molar-refractivity contribution in [2.45, 2.75) is 13.3 Å². The molecule has 27 heavy (non-hydrogen) atoms. The number of amides is 1. The van der Waals surface area contributed by atoms with E-state index in [1.165, 1.54) is 23.1 Å². The molecule has 0 radical (unpaired) electrons. The molecule has 1 saturated heterocycles. The standard InChI is InChI=1S/C19H24N4O3S/c1-15-17(23(25)26)14-18(27-15)19(24)20-8-5-9-21-10-12-22(13-11-21)16-6-3-2-4-7-16/h2-4,6-7,14H,5,8-13H2,1H3,(H,20,24). The van der Waals surface area contributed by atoms with Crippen molar-refractivity contribution in [3.05, 3.63) is 56.3 Å². The van der Waals surface area contributed by atoms with Gasteiger partial charge in [-0.15, -0.1) is 11.3 Å². The number of nitrogens with zero attached hydrogens (tertiary/aromatic N) is 3. The summed E-state index contributed by atoms with van der Waals surface area (Å²) in [4.78, 5) is 28.3. The highest BCUT2D eigenvalue weighted by Gasteiger charge is 2.20. The first-order chi connectivity index (χ1) is 13.0. The van der Waals surface area contributed by atoms with E-state index in [2.05, 4.69) is 39.4 Å². The van der Waals surface area contributed by atoms with E-state index in [0.717, 1.165) is 39.1 Å². The predicted molar refractivity (Wildman–Crippen MR) is 108 cm³/mol. The Kier molecular flexibility index (Phi) is 6.41. The predicted octanol–water partition coefficient (Wildman–Crippen LogP) is 2.91. The van der Waals surface area contributed by atoms with Gasteiger partial charge >= 0.3 is 0 Å². The smallest absolute Gasteiger partial charge is 0.283 e. The van der Waals surface area contributed by atoms with Crippen molar-refractivity contribution < 1.29 is 9.72 Å². The van der Waals surface area contributed by atoms with Gasteiger partial charge in [0, 0.05) is 44.5 Å². The molecule has 1 aromatic heterocycles. The maximum absolute atomic E-state index is 12.1. The molecule has 8 heteroatoms. The summed E-state index contributed by atoms with van der Waals surface area (Å²) < 4.78 is 0. The molecule has 0 saturated carbocycles. The number of nitro groups is 1. The summed E-state index contributed by atoms with van der Waals surface area (Å²) in [5.74, 6) is -0.231. The molecule has 2 heterocycles. The number of thiophene rings is 1. The van der Waals surface area contributed by atoms with Crippen molar-refractivity contribution in [1.29, 1.82) is 0 Å². The molecular weight excluding hydrogens is 364 g/mol. The van der Waals surface area contributed by atoms with Gasteiger partial charge in [0.25, 0.3) is 11.6 Å². The van der Waals surface area contributed by atoms with E-state index in [4.69, 9.17) is 0 Å². The van der Waals surface area contributed by atoms with Gasteiger partial charge in [0.15, 0.2) is 0 Å². The number of hydrogen-bond acceptors (Lipinski definition) is 6. The summed E-state index contributed by atoms with van der Waals surface area (Å²) in [6.07, 6.45) is 0.865. The molecule has 0 aliphatic carbocycles. The Hall–Kier alpha value is -2.45. The van der Waals surface area contributed by atoms with Crippen LogP contribution in [-0.4, -0.2) is 55.0 Å². The van der Waals surface area contributed by atoms with Crippen molar-refractivity contribution in [1.82, 2.24) is 10.2 Å². The second-order valence-electron chi connectivity index (χ2n) is 6.58. The Morgan fingerprint density at radius 1 is 1.22 bits per heavy atom. The second-order valence-corrected chi connectivity index (χ2v) is 7.84. The van der Waals surface area contributed by atoms with Gasteiger partial charge in [-0.2, -0.15) is 0 Å². The van der Waals surface area contributed by atoms with E-state index in [-0.39, 0.29) is 11.6 Å². The molecule has 1 fully saturated rings. The Bertz CT molecular complexity index is 786. The summed E-state index contributed by atoms with van der Waals surface area (Å²) in [6, 6.07) is 11.8. The van der Waals surface area contributed by atoms with Crippen LogP contribution in [0.5, 0.6) is 0 Å². The molecule has 0 spiro atoms. The van der Waals surface area contributed by atoms with Crippen molar-refractivity contribution in [2.24, 2.45) is 0 Å². The van der Waals surface area contributed by atoms with Crippen LogP contribution in [0.3, 0.4) is 0 Å². The zero-order chi connectivity index (χ0) is 19.2. The number of rotatable bonds is 7. The first kappa shape index (κ1) is 19.3. The summed E-state index contributed by atoms with van der Waals surface area (Å²) in [6.45, 7) is 7.21. The maximum atomic E-state index is 12.1. The molecule has 1 aliphatic heterocycles. The lowest BCUT2D eigenvalue weighted by Crippen LogP contribution is -2.47. The maximum Gasteiger partial charge on any atom is 0.283 e. The Balaban J connectivity index is 1.37. The van der Waals surface area contributed by atoms with Gasteiger partial charge in [-0.05, 0) is 32.0 Å². The first-order valence-electron chi connectivity index (χ1n) is 9.10. The van der Waals surface area contributed by atoms with E-state index < -0.39 is 4.92 Å². The number of nitrogens with one attached hydrogen (secondary N) is 1. The summed E-state index contributed by atoms with van der Waals surface area (Å²) in [5, 5.41) is 13.7. The highest BCUT2D eigenvalue weighted by Crippen LogP contribution is 2.27. The number of piperazine rings is 1. The lowest BCUT2D eigenvalue weighted by atomic mass is 10.2. The molecule has 2 aromatic rings. The van der Waals surface area contributed by atoms with Crippen LogP contribution in [0.1, 0.15) is 21.0 Å². The highest BCUT2D eigenvalue weighted by molar-refractivity contribution is 7.14. The van der Waals surface area contributed by atoms with Crippen molar-refractivity contribution in [3.63, 3.8) is 0 Å². The number of benzene rings is 1. The first-order valence-corrected chi connectivity index (χ1v) is 9.91. The van der Waals surface area contributed by atoms with Crippen LogP contribution < -0.4 is 10.2 Å². The lowest BCUT2D eigenvalue weighted by molar-refractivity contribution is -0.385. The molecule has 1 aromatic carbocycles. The van der Waals surface area contributed by atoms with Gasteiger partial charge in [-0.1, -0.05) is 18.2 Å². The zero-order valence-electron chi connectivity index (χ0n) is 15.4. The van der Waals surface area contributed by atoms with Crippen LogP contribution in [0, 0.1) is 17.0 Å². The van der Waals surface area contributed by atoms with Gasteiger partial charge in [0.2, 0.25) is 0 Å². The largest absolute Gasteiger partial charge is 0.369 e. The van der Waals surface area contributed by atoms with Crippen molar-refractivity contribution >= 4 is 28.6 Å². The monoisotopic (exact) mass is 388 g/mol. The van der Waals surface area contributed by atoms with Crippen LogP contribution in [0.4, 0.5) is 11.4 Å². The van der Waals surface area contributed by atoms with Crippen LogP contribution in [0.25, 0.3) is 0 Å². The Morgan fingerprint density at radius 3 is 2.56 bits per heavy atom. The van der Waals surface area contributed by atoms with Crippen molar-refractivity contribution in [3.8, 4) is 0 Å². The van der Waals surface area contributed by atoms with Crippen LogP contribution in [-0.2, 0) is 0 Å². The molecule has 1 amide bonds. The number of aryl methyl sites for hydroxylation is 1. The zero-order valence-corrected chi connectivity index (χ0v) is 16.2. The summed E-state index contributed by atoms with van der Waals surface area (Å²) in [7, 11) is 0. The number of anilines is 1. The minimum atomic E-state index is -0.447. The molecule has 144 valence electrons. The van der Waals surface area contributed by atoms with Crippen molar-refractivity contribution in [2.75, 3.05) is 44.2 Å². The average molecular weight is 388 g/mol. The molecule has 0 unspecified atom stereocenters. The number of carbonyl (C=O) groups is 1. The van der Waals surface area contributed by atoms with Gasteiger partial charge in [0.1, 0.15) is 0 Å². The second kappa shape index (κ2) is 8.96. The fraction of sp³-hybridized carbons (Fsp3) is 0.421. The molecular formula is C19H24N4O3S. The SMILES string of the molecule is Cc1sc(C(=O)NCCCN2CCN(c3ccccc3)CC2)cc1[N+](=O)[O-]. The van der Waals surface area contributed by atoms with Gasteiger partial charge in [-0.3, -0.25) is 19.8 Å². The normalized spacial score (nSPS) is 14.9. The third kappa shape index (κ3) is 5.05. The molecule has 1 aliphatic rings. The average Bonchev–Trinajstić information content (AvgIpc) is 3.08. The molecule has 0 atom stereocenters. The van der Waals surface area contributed by atoms with Gasteiger partial charge in [0.05, 0.1) is 14.7 Å². The Morgan fingerprint density at radius 2 is 1.93 bits per heavy atom. The minimum Gasteiger partial charge on any atom is -0.369 e. The van der Waals surface area contributed by atoms with E-state index in [0.29, 0.717) is 16.3 Å². The van der Waals surface area contributed by atoms with E-state index in [1.54, 1.807) is 6.92 Å². The fourth-order valence-electron chi connectivity index (χ4n) is 3.23. The summed E-state index contributed by atoms with van der Waals surface area (Å²) in [5.41, 5.74) is 1.28. The van der Waals surface area contributed by atoms with Crippen LogP contribution in [0.15, 0.2) is 36.4 Å². The van der Waals surface area contributed by atoms with E-state index in [1.807, 2.05) is 6.07 Å². The topological polar surface area (TPSA) is 78.7 Å². The van der Waals surface area contributed by atoms with E-state index in [9.17, 15) is 14.9 Å². The number of para-hydroxylation sites is 1. The van der Waals surface area contributed by atoms with Crippen LogP contribution in [0.2, 0.25) is 0 Å². The number of hydrogen-bond donors (Lipinski definition) is 1. The van der Waals surface area contributed by atoms with E-state index >= 15 is 0 Å².